The molecule has 1 amide bonds. The van der Waals surface area contributed by atoms with Crippen molar-refractivity contribution >= 4 is 5.91 Å². The van der Waals surface area contributed by atoms with Crippen LogP contribution in [0.4, 0.5) is 13.2 Å². The topological polar surface area (TPSA) is 55.1 Å². The summed E-state index contributed by atoms with van der Waals surface area (Å²) in [6, 6.07) is 0.209. The number of rotatable bonds is 3. The Morgan fingerprint density at radius 1 is 1.15 bits per heavy atom. The van der Waals surface area contributed by atoms with Crippen molar-refractivity contribution in [1.29, 1.82) is 0 Å². The molecule has 3 nitrogen and oxygen atoms in total. The van der Waals surface area contributed by atoms with E-state index in [9.17, 15) is 18.0 Å². The molecule has 0 aromatic carbocycles. The van der Waals surface area contributed by atoms with E-state index in [4.69, 9.17) is 5.73 Å². The van der Waals surface area contributed by atoms with Crippen LogP contribution in [-0.2, 0) is 4.79 Å². The molecule has 4 atom stereocenters. The first-order valence-electron chi connectivity index (χ1n) is 7.46. The predicted octanol–water partition coefficient (Wildman–Crippen LogP) is 2.60. The molecular weight excluding hydrogens is 269 g/mol. The summed E-state index contributed by atoms with van der Waals surface area (Å²) in [6.07, 6.45) is -0.145. The predicted molar refractivity (Wildman–Crippen MR) is 69.8 cm³/mol. The van der Waals surface area contributed by atoms with Crippen molar-refractivity contribution in [2.75, 3.05) is 6.54 Å². The monoisotopic (exact) mass is 292 g/mol. The number of carbonyl (C=O) groups is 1. The lowest BCUT2D eigenvalue weighted by molar-refractivity contribution is -0.186. The lowest BCUT2D eigenvalue weighted by Gasteiger charge is -2.30. The van der Waals surface area contributed by atoms with Crippen molar-refractivity contribution in [3.8, 4) is 0 Å². The molecule has 116 valence electrons. The number of amides is 1. The zero-order chi connectivity index (χ0) is 14.8. The Labute approximate surface area is 117 Å². The Morgan fingerprint density at radius 2 is 1.90 bits per heavy atom. The molecule has 2 aliphatic carbocycles. The molecule has 0 aliphatic heterocycles. The lowest BCUT2D eigenvalue weighted by Crippen LogP contribution is -2.39. The highest BCUT2D eigenvalue weighted by molar-refractivity contribution is 5.78. The van der Waals surface area contributed by atoms with E-state index in [0.717, 1.165) is 19.3 Å². The quantitative estimate of drug-likeness (QED) is 0.840. The SMILES string of the molecule is NC1CCC(CNC(=O)C2CCCC(C(F)(F)F)C2)C1. The maximum Gasteiger partial charge on any atom is 0.391 e. The average Bonchev–Trinajstić information content (AvgIpc) is 2.81. The van der Waals surface area contributed by atoms with Crippen LogP contribution < -0.4 is 11.1 Å². The van der Waals surface area contributed by atoms with Crippen molar-refractivity contribution in [1.82, 2.24) is 5.32 Å². The highest BCUT2D eigenvalue weighted by atomic mass is 19.4. The second-order valence-electron chi connectivity index (χ2n) is 6.29. The fourth-order valence-corrected chi connectivity index (χ4v) is 3.41. The standard InChI is InChI=1S/C14H23F3N2O/c15-14(16,17)11-3-1-2-10(7-11)13(20)19-8-9-4-5-12(18)6-9/h9-12H,1-8,18H2,(H,19,20). The second kappa shape index (κ2) is 6.33. The molecule has 0 radical (unpaired) electrons. The van der Waals surface area contributed by atoms with Crippen LogP contribution in [0, 0.1) is 17.8 Å². The lowest BCUT2D eigenvalue weighted by atomic mass is 9.80. The van der Waals surface area contributed by atoms with Gasteiger partial charge in [-0.1, -0.05) is 6.42 Å². The molecule has 0 saturated heterocycles. The smallest absolute Gasteiger partial charge is 0.356 e. The van der Waals surface area contributed by atoms with Gasteiger partial charge in [0, 0.05) is 18.5 Å². The fourth-order valence-electron chi connectivity index (χ4n) is 3.41. The molecule has 2 aliphatic rings. The second-order valence-corrected chi connectivity index (χ2v) is 6.29. The molecular formula is C14H23F3N2O. The van der Waals surface area contributed by atoms with Crippen LogP contribution >= 0.6 is 0 Å². The van der Waals surface area contributed by atoms with Gasteiger partial charge < -0.3 is 11.1 Å². The van der Waals surface area contributed by atoms with Crippen LogP contribution in [0.3, 0.4) is 0 Å². The highest BCUT2D eigenvalue weighted by Gasteiger charge is 2.43. The third kappa shape index (κ3) is 4.11. The molecule has 3 N–H and O–H groups in total. The minimum atomic E-state index is -4.17. The van der Waals surface area contributed by atoms with Gasteiger partial charge in [-0.05, 0) is 44.4 Å². The largest absolute Gasteiger partial charge is 0.391 e. The summed E-state index contributed by atoms with van der Waals surface area (Å²) >= 11 is 0. The van der Waals surface area contributed by atoms with Gasteiger partial charge >= 0.3 is 6.18 Å². The minimum absolute atomic E-state index is 0.0560. The van der Waals surface area contributed by atoms with Crippen LogP contribution in [0.25, 0.3) is 0 Å². The molecule has 6 heteroatoms. The molecule has 0 aromatic rings. The minimum Gasteiger partial charge on any atom is -0.356 e. The van der Waals surface area contributed by atoms with Crippen LogP contribution in [0.2, 0.25) is 0 Å². The van der Waals surface area contributed by atoms with E-state index >= 15 is 0 Å². The van der Waals surface area contributed by atoms with Gasteiger partial charge in [0.2, 0.25) is 5.91 Å². The van der Waals surface area contributed by atoms with Gasteiger partial charge in [0.1, 0.15) is 0 Å². The molecule has 0 spiro atoms. The van der Waals surface area contributed by atoms with E-state index < -0.39 is 18.0 Å². The highest BCUT2D eigenvalue weighted by Crippen LogP contribution is 2.40. The van der Waals surface area contributed by atoms with Gasteiger partial charge in [-0.15, -0.1) is 0 Å². The van der Waals surface area contributed by atoms with Crippen LogP contribution in [0.1, 0.15) is 44.9 Å². The first-order chi connectivity index (χ1) is 9.36. The summed E-state index contributed by atoms with van der Waals surface area (Å²) in [6.45, 7) is 0.555. The first kappa shape index (κ1) is 15.6. The van der Waals surface area contributed by atoms with Crippen LogP contribution in [-0.4, -0.2) is 24.7 Å². The molecule has 0 heterocycles. The maximum atomic E-state index is 12.7. The van der Waals surface area contributed by atoms with Crippen molar-refractivity contribution in [2.24, 2.45) is 23.5 Å². The third-order valence-corrected chi connectivity index (χ3v) is 4.65. The van der Waals surface area contributed by atoms with E-state index in [-0.39, 0.29) is 24.8 Å². The van der Waals surface area contributed by atoms with Gasteiger partial charge in [0.15, 0.2) is 0 Å². The van der Waals surface area contributed by atoms with Crippen LogP contribution in [0.5, 0.6) is 0 Å². The Balaban J connectivity index is 1.77. The van der Waals surface area contributed by atoms with Gasteiger partial charge in [-0.25, -0.2) is 0 Å². The number of alkyl halides is 3. The number of nitrogens with two attached hydrogens (primary N) is 1. The molecule has 2 saturated carbocycles. The zero-order valence-electron chi connectivity index (χ0n) is 11.6. The van der Waals surface area contributed by atoms with E-state index in [1.807, 2.05) is 0 Å². The van der Waals surface area contributed by atoms with Gasteiger partial charge in [0.05, 0.1) is 5.92 Å². The number of carbonyl (C=O) groups excluding carboxylic acids is 1. The molecule has 4 unspecified atom stereocenters. The van der Waals surface area contributed by atoms with Crippen molar-refractivity contribution in [3.63, 3.8) is 0 Å². The normalized spacial score (nSPS) is 35.0. The molecule has 20 heavy (non-hydrogen) atoms. The summed E-state index contributed by atoms with van der Waals surface area (Å²) in [4.78, 5) is 12.0. The van der Waals surface area contributed by atoms with E-state index in [2.05, 4.69) is 5.32 Å². The molecule has 0 bridgehead atoms. The molecule has 2 fully saturated rings. The van der Waals surface area contributed by atoms with E-state index in [1.54, 1.807) is 0 Å². The summed E-state index contributed by atoms with van der Waals surface area (Å²) in [5.74, 6) is -1.62. The van der Waals surface area contributed by atoms with Crippen molar-refractivity contribution < 1.29 is 18.0 Å². The Morgan fingerprint density at radius 3 is 2.50 bits per heavy atom. The Bertz CT molecular complexity index is 346. The van der Waals surface area contributed by atoms with E-state index in [1.165, 1.54) is 0 Å². The van der Waals surface area contributed by atoms with Gasteiger partial charge in [0.25, 0.3) is 0 Å². The first-order valence-corrected chi connectivity index (χ1v) is 7.46. The van der Waals surface area contributed by atoms with Gasteiger partial charge in [-0.3, -0.25) is 4.79 Å². The number of halogens is 3. The number of hydrogen-bond donors (Lipinski definition) is 2. The summed E-state index contributed by atoms with van der Waals surface area (Å²) < 4.78 is 38.1. The zero-order valence-corrected chi connectivity index (χ0v) is 11.6. The van der Waals surface area contributed by atoms with Crippen molar-refractivity contribution in [3.05, 3.63) is 0 Å². The molecule has 0 aromatic heterocycles. The Kier molecular flexibility index (Phi) is 4.94. The van der Waals surface area contributed by atoms with Gasteiger partial charge in [-0.2, -0.15) is 13.2 Å². The summed E-state index contributed by atoms with van der Waals surface area (Å²) in [5.41, 5.74) is 5.80. The van der Waals surface area contributed by atoms with Crippen LogP contribution in [0.15, 0.2) is 0 Å². The number of hydrogen-bond acceptors (Lipinski definition) is 2. The van der Waals surface area contributed by atoms with Crippen molar-refractivity contribution in [2.45, 2.75) is 57.2 Å². The summed E-state index contributed by atoms with van der Waals surface area (Å²) in [7, 11) is 0. The summed E-state index contributed by atoms with van der Waals surface area (Å²) in [5, 5.41) is 2.83. The average molecular weight is 292 g/mol. The number of nitrogens with one attached hydrogen (secondary N) is 1. The Hall–Kier alpha value is -0.780. The third-order valence-electron chi connectivity index (χ3n) is 4.65. The maximum absolute atomic E-state index is 12.7. The van der Waals surface area contributed by atoms with E-state index in [0.29, 0.717) is 25.3 Å². The fraction of sp³-hybridized carbons (Fsp3) is 0.929. The molecule has 2 rings (SSSR count).